The SMILES string of the molecule is C=C(CC)C(=O)OCl. The summed E-state index contributed by atoms with van der Waals surface area (Å²) < 4.78 is 3.84. The summed E-state index contributed by atoms with van der Waals surface area (Å²) in [5.41, 5.74) is 0.389. The Morgan fingerprint density at radius 3 is 2.50 bits per heavy atom. The Bertz CT molecular complexity index is 95.0. The van der Waals surface area contributed by atoms with Crippen molar-refractivity contribution in [1.29, 1.82) is 0 Å². The molecular formula is C5H7ClO2. The first-order valence-electron chi connectivity index (χ1n) is 2.23. The third-order valence-corrected chi connectivity index (χ3v) is 0.926. The zero-order chi connectivity index (χ0) is 6.57. The average Bonchev–Trinajstić information content (AvgIpc) is 1.84. The number of carbonyl (C=O) groups is 1. The molecule has 0 saturated carbocycles. The maximum Gasteiger partial charge on any atom is 0.351 e. The van der Waals surface area contributed by atoms with Gasteiger partial charge in [0.1, 0.15) is 11.9 Å². The Balaban J connectivity index is 3.64. The number of carbonyl (C=O) groups excluding carboxylic acids is 1. The highest BCUT2D eigenvalue weighted by atomic mass is 35.5. The van der Waals surface area contributed by atoms with Crippen molar-refractivity contribution >= 4 is 17.8 Å². The molecule has 0 unspecified atom stereocenters. The van der Waals surface area contributed by atoms with Gasteiger partial charge in [-0.15, -0.1) is 0 Å². The van der Waals surface area contributed by atoms with Gasteiger partial charge in [-0.3, -0.25) is 0 Å². The van der Waals surface area contributed by atoms with E-state index in [1.807, 2.05) is 0 Å². The predicted octanol–water partition coefficient (Wildman–Crippen LogP) is 1.65. The molecule has 0 saturated heterocycles. The van der Waals surface area contributed by atoms with Crippen molar-refractivity contribution in [2.45, 2.75) is 13.3 Å². The number of hydrogen-bond acceptors (Lipinski definition) is 2. The first-order chi connectivity index (χ1) is 3.72. The highest BCUT2D eigenvalue weighted by Gasteiger charge is 2.02. The molecule has 0 aromatic rings. The number of rotatable bonds is 2. The molecule has 0 aromatic carbocycles. The van der Waals surface area contributed by atoms with Gasteiger partial charge in [0.25, 0.3) is 0 Å². The first-order valence-corrected chi connectivity index (χ1v) is 2.54. The van der Waals surface area contributed by atoms with Gasteiger partial charge in [0.2, 0.25) is 0 Å². The van der Waals surface area contributed by atoms with E-state index in [1.54, 1.807) is 6.92 Å². The van der Waals surface area contributed by atoms with E-state index in [0.29, 0.717) is 12.0 Å². The molecule has 0 aliphatic rings. The monoisotopic (exact) mass is 134 g/mol. The quantitative estimate of drug-likeness (QED) is 0.537. The molecule has 0 spiro atoms. The van der Waals surface area contributed by atoms with E-state index in [0.717, 1.165) is 0 Å². The van der Waals surface area contributed by atoms with Crippen molar-refractivity contribution in [1.82, 2.24) is 0 Å². The van der Waals surface area contributed by atoms with Gasteiger partial charge in [-0.05, 0) is 6.42 Å². The Morgan fingerprint density at radius 1 is 1.88 bits per heavy atom. The summed E-state index contributed by atoms with van der Waals surface area (Å²) in [6.07, 6.45) is 0.575. The first kappa shape index (κ1) is 7.50. The summed E-state index contributed by atoms with van der Waals surface area (Å²) in [7, 11) is 0. The molecule has 0 aliphatic carbocycles. The van der Waals surface area contributed by atoms with Crippen LogP contribution in [0, 0.1) is 0 Å². The largest absolute Gasteiger partial charge is 0.351 e. The molecule has 0 atom stereocenters. The number of hydrogen-bond donors (Lipinski definition) is 0. The van der Waals surface area contributed by atoms with Gasteiger partial charge >= 0.3 is 5.97 Å². The molecule has 2 nitrogen and oxygen atoms in total. The van der Waals surface area contributed by atoms with E-state index in [-0.39, 0.29) is 0 Å². The van der Waals surface area contributed by atoms with Crippen LogP contribution in [0.25, 0.3) is 0 Å². The molecule has 8 heavy (non-hydrogen) atoms. The Kier molecular flexibility index (Phi) is 3.28. The van der Waals surface area contributed by atoms with Gasteiger partial charge in [-0.1, -0.05) is 13.5 Å². The Morgan fingerprint density at radius 2 is 2.38 bits per heavy atom. The van der Waals surface area contributed by atoms with Crippen molar-refractivity contribution in [3.63, 3.8) is 0 Å². The minimum absolute atomic E-state index is 0.389. The molecule has 0 aliphatic heterocycles. The fourth-order valence-electron chi connectivity index (χ4n) is 0.199. The second-order valence-corrected chi connectivity index (χ2v) is 1.48. The molecular weight excluding hydrogens is 128 g/mol. The van der Waals surface area contributed by atoms with Crippen LogP contribution in [0.15, 0.2) is 12.2 Å². The fourth-order valence-corrected chi connectivity index (χ4v) is 0.308. The van der Waals surface area contributed by atoms with Gasteiger partial charge < -0.3 is 4.29 Å². The van der Waals surface area contributed by atoms with Gasteiger partial charge in [0.05, 0.1) is 0 Å². The van der Waals surface area contributed by atoms with E-state index >= 15 is 0 Å². The maximum absolute atomic E-state index is 10.3. The summed E-state index contributed by atoms with van der Waals surface area (Å²) in [4.78, 5) is 10.3. The van der Waals surface area contributed by atoms with Gasteiger partial charge in [0.15, 0.2) is 0 Å². The topological polar surface area (TPSA) is 26.3 Å². The van der Waals surface area contributed by atoms with Crippen LogP contribution in [0.4, 0.5) is 0 Å². The lowest BCUT2D eigenvalue weighted by Gasteiger charge is -1.92. The van der Waals surface area contributed by atoms with Crippen molar-refractivity contribution in [3.8, 4) is 0 Å². The van der Waals surface area contributed by atoms with Crippen molar-refractivity contribution in [2.24, 2.45) is 0 Å². The minimum atomic E-state index is -0.547. The number of halogens is 1. The molecule has 0 heterocycles. The second-order valence-electron chi connectivity index (χ2n) is 1.32. The highest BCUT2D eigenvalue weighted by Crippen LogP contribution is 1.99. The van der Waals surface area contributed by atoms with Crippen LogP contribution < -0.4 is 0 Å². The second kappa shape index (κ2) is 3.50. The summed E-state index contributed by atoms with van der Waals surface area (Å²) in [6.45, 7) is 5.19. The van der Waals surface area contributed by atoms with Gasteiger partial charge in [-0.25, -0.2) is 4.79 Å². The minimum Gasteiger partial charge on any atom is -0.343 e. The van der Waals surface area contributed by atoms with E-state index in [1.165, 1.54) is 0 Å². The molecule has 46 valence electrons. The highest BCUT2D eigenvalue weighted by molar-refractivity contribution is 6.15. The average molecular weight is 135 g/mol. The lowest BCUT2D eigenvalue weighted by atomic mass is 10.2. The molecule has 0 aromatic heterocycles. The standard InChI is InChI=1S/C5H7ClO2/c1-3-4(2)5(7)8-6/h2-3H2,1H3. The predicted molar refractivity (Wildman–Crippen MR) is 31.4 cm³/mol. The molecule has 0 radical (unpaired) electrons. The van der Waals surface area contributed by atoms with Crippen LogP contribution in [0.2, 0.25) is 0 Å². The van der Waals surface area contributed by atoms with E-state index in [2.05, 4.69) is 10.9 Å². The molecule has 0 amide bonds. The summed E-state index contributed by atoms with van der Waals surface area (Å²) in [6, 6.07) is 0. The van der Waals surface area contributed by atoms with Crippen LogP contribution in [-0.2, 0) is 9.08 Å². The van der Waals surface area contributed by atoms with E-state index in [4.69, 9.17) is 11.9 Å². The van der Waals surface area contributed by atoms with Gasteiger partial charge in [-0.2, -0.15) is 0 Å². The summed E-state index contributed by atoms with van der Waals surface area (Å²) in [5.74, 6) is -0.547. The van der Waals surface area contributed by atoms with E-state index in [9.17, 15) is 4.79 Å². The maximum atomic E-state index is 10.3. The molecule has 0 rings (SSSR count). The van der Waals surface area contributed by atoms with Gasteiger partial charge in [0, 0.05) is 5.57 Å². The molecule has 0 bridgehead atoms. The third-order valence-electron chi connectivity index (χ3n) is 0.786. The summed E-state index contributed by atoms with van der Waals surface area (Å²) >= 11 is 4.72. The van der Waals surface area contributed by atoms with Crippen LogP contribution in [0.5, 0.6) is 0 Å². The van der Waals surface area contributed by atoms with Crippen molar-refractivity contribution in [3.05, 3.63) is 12.2 Å². The lowest BCUT2D eigenvalue weighted by Crippen LogP contribution is -1.98. The lowest BCUT2D eigenvalue weighted by molar-refractivity contribution is -0.129. The van der Waals surface area contributed by atoms with Crippen LogP contribution >= 0.6 is 11.9 Å². The van der Waals surface area contributed by atoms with Crippen molar-refractivity contribution in [2.75, 3.05) is 0 Å². The molecule has 0 N–H and O–H groups in total. The van der Waals surface area contributed by atoms with Crippen LogP contribution in [0.1, 0.15) is 13.3 Å². The van der Waals surface area contributed by atoms with Crippen LogP contribution in [-0.4, -0.2) is 5.97 Å². The zero-order valence-electron chi connectivity index (χ0n) is 4.61. The third kappa shape index (κ3) is 1.98. The smallest absolute Gasteiger partial charge is 0.343 e. The zero-order valence-corrected chi connectivity index (χ0v) is 5.36. The Hall–Kier alpha value is -0.500. The Labute approximate surface area is 53.3 Å². The van der Waals surface area contributed by atoms with E-state index < -0.39 is 5.97 Å². The summed E-state index contributed by atoms with van der Waals surface area (Å²) in [5, 5.41) is 0. The molecule has 0 fully saturated rings. The molecule has 3 heteroatoms. The normalized spacial score (nSPS) is 8.25. The fraction of sp³-hybridized carbons (Fsp3) is 0.400. The van der Waals surface area contributed by atoms with Crippen molar-refractivity contribution < 1.29 is 9.08 Å². The van der Waals surface area contributed by atoms with Crippen LogP contribution in [0.3, 0.4) is 0 Å².